The van der Waals surface area contributed by atoms with Crippen molar-refractivity contribution in [2.45, 2.75) is 18.7 Å². The Morgan fingerprint density at radius 1 is 1.10 bits per heavy atom. The van der Waals surface area contributed by atoms with Gasteiger partial charge in [-0.3, -0.25) is 4.72 Å². The average Bonchev–Trinajstić information content (AvgIpc) is 2.42. The molecular formula is C15H13BrN2O2S. The summed E-state index contributed by atoms with van der Waals surface area (Å²) >= 11 is 3.34. The van der Waals surface area contributed by atoms with Crippen LogP contribution in [0.2, 0.25) is 0 Å². The fourth-order valence-corrected chi connectivity index (χ4v) is 3.78. The van der Waals surface area contributed by atoms with E-state index in [1.807, 2.05) is 19.1 Å². The molecule has 0 saturated heterocycles. The first-order valence-electron chi connectivity index (χ1n) is 6.13. The van der Waals surface area contributed by atoms with Crippen LogP contribution < -0.4 is 4.72 Å². The first-order chi connectivity index (χ1) is 9.83. The zero-order valence-electron chi connectivity index (χ0n) is 11.5. The number of halogens is 1. The monoisotopic (exact) mass is 364 g/mol. The summed E-state index contributed by atoms with van der Waals surface area (Å²) in [6.07, 6.45) is 0. The molecule has 0 unspecified atom stereocenters. The number of hydrogen-bond donors (Lipinski definition) is 1. The maximum Gasteiger partial charge on any atom is 0.262 e. The molecule has 0 aliphatic heterocycles. The minimum atomic E-state index is -3.73. The van der Waals surface area contributed by atoms with Crippen LogP contribution in [0.15, 0.2) is 45.8 Å². The van der Waals surface area contributed by atoms with Crippen LogP contribution in [0.5, 0.6) is 0 Å². The molecule has 2 aromatic rings. The third kappa shape index (κ3) is 3.43. The summed E-state index contributed by atoms with van der Waals surface area (Å²) in [6.45, 7) is 3.52. The molecule has 0 aliphatic rings. The van der Waals surface area contributed by atoms with Crippen molar-refractivity contribution < 1.29 is 8.42 Å². The van der Waals surface area contributed by atoms with Gasteiger partial charge in [0.1, 0.15) is 0 Å². The van der Waals surface area contributed by atoms with Crippen molar-refractivity contribution in [3.8, 4) is 6.07 Å². The third-order valence-electron chi connectivity index (χ3n) is 3.04. The predicted molar refractivity (Wildman–Crippen MR) is 85.6 cm³/mol. The molecule has 108 valence electrons. The second-order valence-corrected chi connectivity index (χ2v) is 7.22. The zero-order chi connectivity index (χ0) is 15.6. The summed E-state index contributed by atoms with van der Waals surface area (Å²) in [7, 11) is -3.73. The van der Waals surface area contributed by atoms with Crippen molar-refractivity contribution in [3.05, 3.63) is 57.6 Å². The lowest BCUT2D eigenvalue weighted by Gasteiger charge is -2.12. The number of nitrogens with zero attached hydrogens (tertiary/aromatic N) is 1. The van der Waals surface area contributed by atoms with E-state index in [-0.39, 0.29) is 4.90 Å². The molecule has 21 heavy (non-hydrogen) atoms. The van der Waals surface area contributed by atoms with Crippen LogP contribution in [-0.2, 0) is 10.0 Å². The number of nitriles is 1. The topological polar surface area (TPSA) is 70.0 Å². The van der Waals surface area contributed by atoms with E-state index in [1.54, 1.807) is 31.2 Å². The van der Waals surface area contributed by atoms with Gasteiger partial charge in [-0.1, -0.05) is 22.0 Å². The van der Waals surface area contributed by atoms with E-state index in [0.29, 0.717) is 16.8 Å². The molecule has 0 aromatic heterocycles. The molecule has 0 spiro atoms. The number of sulfonamides is 1. The zero-order valence-corrected chi connectivity index (χ0v) is 13.9. The molecule has 0 fully saturated rings. The van der Waals surface area contributed by atoms with Gasteiger partial charge in [0.25, 0.3) is 10.0 Å². The molecule has 1 N–H and O–H groups in total. The van der Waals surface area contributed by atoms with Crippen LogP contribution in [0.25, 0.3) is 0 Å². The number of nitrogens with one attached hydrogen (secondary N) is 1. The van der Waals surface area contributed by atoms with Gasteiger partial charge in [-0.05, 0) is 55.3 Å². The molecular weight excluding hydrogens is 352 g/mol. The molecule has 0 amide bonds. The van der Waals surface area contributed by atoms with Gasteiger partial charge in [0.15, 0.2) is 0 Å². The maximum atomic E-state index is 12.5. The SMILES string of the molecule is Cc1cc(Br)ccc1NS(=O)(=O)c1cc(C#N)ccc1C. The van der Waals surface area contributed by atoms with Gasteiger partial charge in [0, 0.05) is 4.47 Å². The molecule has 6 heteroatoms. The largest absolute Gasteiger partial charge is 0.279 e. The summed E-state index contributed by atoms with van der Waals surface area (Å²) in [5.41, 5.74) is 2.23. The van der Waals surface area contributed by atoms with Crippen LogP contribution in [-0.4, -0.2) is 8.42 Å². The molecule has 4 nitrogen and oxygen atoms in total. The highest BCUT2D eigenvalue weighted by molar-refractivity contribution is 9.10. The van der Waals surface area contributed by atoms with E-state index in [4.69, 9.17) is 5.26 Å². The van der Waals surface area contributed by atoms with Gasteiger partial charge < -0.3 is 0 Å². The van der Waals surface area contributed by atoms with Crippen molar-refractivity contribution in [1.82, 2.24) is 0 Å². The number of benzene rings is 2. The number of hydrogen-bond acceptors (Lipinski definition) is 3. The van der Waals surface area contributed by atoms with Crippen molar-refractivity contribution >= 4 is 31.6 Å². The summed E-state index contributed by atoms with van der Waals surface area (Å²) in [6, 6.07) is 11.8. The van der Waals surface area contributed by atoms with E-state index >= 15 is 0 Å². The maximum absolute atomic E-state index is 12.5. The predicted octanol–water partition coefficient (Wildman–Crippen LogP) is 3.74. The van der Waals surface area contributed by atoms with E-state index in [0.717, 1.165) is 10.0 Å². The molecule has 0 atom stereocenters. The van der Waals surface area contributed by atoms with Crippen LogP contribution >= 0.6 is 15.9 Å². The lowest BCUT2D eigenvalue weighted by Crippen LogP contribution is -2.15. The molecule has 2 rings (SSSR count). The first-order valence-corrected chi connectivity index (χ1v) is 8.41. The van der Waals surface area contributed by atoms with Crippen molar-refractivity contribution in [1.29, 1.82) is 5.26 Å². The number of rotatable bonds is 3. The van der Waals surface area contributed by atoms with Crippen LogP contribution in [0, 0.1) is 25.2 Å². The number of aryl methyl sites for hydroxylation is 2. The summed E-state index contributed by atoms with van der Waals surface area (Å²) < 4.78 is 28.4. The average molecular weight is 365 g/mol. The quantitative estimate of drug-likeness (QED) is 0.901. The molecule has 0 bridgehead atoms. The Morgan fingerprint density at radius 2 is 1.81 bits per heavy atom. The Balaban J connectivity index is 2.46. The van der Waals surface area contributed by atoms with Crippen LogP contribution in [0.1, 0.15) is 16.7 Å². The Kier molecular flexibility index (Phi) is 4.35. The molecule has 0 saturated carbocycles. The highest BCUT2D eigenvalue weighted by Crippen LogP contribution is 2.24. The van der Waals surface area contributed by atoms with Gasteiger partial charge in [0.05, 0.1) is 22.2 Å². The lowest BCUT2D eigenvalue weighted by atomic mass is 10.2. The van der Waals surface area contributed by atoms with Crippen molar-refractivity contribution in [2.24, 2.45) is 0 Å². The fourth-order valence-electron chi connectivity index (χ4n) is 1.90. The Bertz CT molecular complexity index is 839. The summed E-state index contributed by atoms with van der Waals surface area (Å²) in [5, 5.41) is 8.91. The van der Waals surface area contributed by atoms with Gasteiger partial charge in [-0.25, -0.2) is 8.42 Å². The Morgan fingerprint density at radius 3 is 2.43 bits per heavy atom. The minimum absolute atomic E-state index is 0.115. The van der Waals surface area contributed by atoms with Crippen LogP contribution in [0.4, 0.5) is 5.69 Å². The molecule has 0 aliphatic carbocycles. The normalized spacial score (nSPS) is 11.0. The Hall–Kier alpha value is -1.84. The minimum Gasteiger partial charge on any atom is -0.279 e. The second kappa shape index (κ2) is 5.88. The van der Waals surface area contributed by atoms with Gasteiger partial charge in [-0.2, -0.15) is 5.26 Å². The first kappa shape index (κ1) is 15.5. The van der Waals surface area contributed by atoms with Gasteiger partial charge in [-0.15, -0.1) is 0 Å². The molecule has 0 heterocycles. The highest BCUT2D eigenvalue weighted by Gasteiger charge is 2.18. The third-order valence-corrected chi connectivity index (χ3v) is 5.04. The van der Waals surface area contributed by atoms with Crippen molar-refractivity contribution in [3.63, 3.8) is 0 Å². The summed E-state index contributed by atoms with van der Waals surface area (Å²) in [4.78, 5) is 0.115. The molecule has 0 radical (unpaired) electrons. The van der Waals surface area contributed by atoms with E-state index in [9.17, 15) is 8.42 Å². The highest BCUT2D eigenvalue weighted by atomic mass is 79.9. The standard InChI is InChI=1S/C15H13BrN2O2S/c1-10-3-4-12(9-17)8-15(10)21(19,20)18-14-6-5-13(16)7-11(14)2/h3-8,18H,1-2H3. The summed E-state index contributed by atoms with van der Waals surface area (Å²) in [5.74, 6) is 0. The Labute approximate surface area is 132 Å². The number of anilines is 1. The van der Waals surface area contributed by atoms with Crippen LogP contribution in [0.3, 0.4) is 0 Å². The molecule has 2 aromatic carbocycles. The smallest absolute Gasteiger partial charge is 0.262 e. The van der Waals surface area contributed by atoms with E-state index in [2.05, 4.69) is 20.7 Å². The lowest BCUT2D eigenvalue weighted by molar-refractivity contribution is 0.600. The van der Waals surface area contributed by atoms with Gasteiger partial charge >= 0.3 is 0 Å². The van der Waals surface area contributed by atoms with E-state index in [1.165, 1.54) is 6.07 Å². The van der Waals surface area contributed by atoms with Gasteiger partial charge in [0.2, 0.25) is 0 Å². The van der Waals surface area contributed by atoms with E-state index < -0.39 is 10.0 Å². The fraction of sp³-hybridized carbons (Fsp3) is 0.133. The second-order valence-electron chi connectivity index (χ2n) is 4.66. The van der Waals surface area contributed by atoms with Crippen molar-refractivity contribution in [2.75, 3.05) is 4.72 Å².